The molecule has 3 rings (SSSR count). The predicted octanol–water partition coefficient (Wildman–Crippen LogP) is 3.20. The van der Waals surface area contributed by atoms with Crippen LogP contribution in [0.1, 0.15) is 36.0 Å². The number of benzene rings is 1. The molecule has 0 spiro atoms. The molecule has 2 N–H and O–H groups in total. The zero-order valence-corrected chi connectivity index (χ0v) is 13.1. The highest BCUT2D eigenvalue weighted by atomic mass is 32.2. The van der Waals surface area contributed by atoms with E-state index >= 15 is 0 Å². The fourth-order valence-corrected chi connectivity index (χ4v) is 3.17. The Labute approximate surface area is 132 Å². The van der Waals surface area contributed by atoms with Crippen LogP contribution in [0.25, 0.3) is 0 Å². The zero-order chi connectivity index (χ0) is 15.7. The lowest BCUT2D eigenvalue weighted by atomic mass is 10.1. The van der Waals surface area contributed by atoms with Crippen molar-refractivity contribution in [3.63, 3.8) is 0 Å². The van der Waals surface area contributed by atoms with Gasteiger partial charge in [0.05, 0.1) is 23.2 Å². The molecule has 2 aromatic rings. The van der Waals surface area contributed by atoms with Crippen LogP contribution in [0.15, 0.2) is 45.9 Å². The summed E-state index contributed by atoms with van der Waals surface area (Å²) in [4.78, 5) is 25.0. The minimum Gasteiger partial charge on any atom is -0.467 e. The van der Waals surface area contributed by atoms with E-state index in [1.807, 2.05) is 26.0 Å². The minimum atomic E-state index is -0.220. The number of hydrogen-bond acceptors (Lipinski definition) is 4. The summed E-state index contributed by atoms with van der Waals surface area (Å²) in [7, 11) is 0. The van der Waals surface area contributed by atoms with Crippen LogP contribution in [0.3, 0.4) is 0 Å². The molecule has 0 radical (unpaired) electrons. The highest BCUT2D eigenvalue weighted by Gasteiger charge is 2.24. The molecule has 22 heavy (non-hydrogen) atoms. The van der Waals surface area contributed by atoms with Crippen molar-refractivity contribution >= 4 is 29.3 Å². The molecular formula is C16H16N2O3S. The highest BCUT2D eigenvalue weighted by Crippen LogP contribution is 2.35. The smallest absolute Gasteiger partial charge is 0.251 e. The third-order valence-electron chi connectivity index (χ3n) is 3.49. The van der Waals surface area contributed by atoms with Crippen molar-refractivity contribution in [2.24, 2.45) is 0 Å². The molecule has 0 fully saturated rings. The van der Waals surface area contributed by atoms with Gasteiger partial charge in [0.15, 0.2) is 0 Å². The number of amides is 2. The van der Waals surface area contributed by atoms with Gasteiger partial charge >= 0.3 is 0 Å². The van der Waals surface area contributed by atoms with Gasteiger partial charge in [0, 0.05) is 10.5 Å². The molecule has 1 aromatic heterocycles. The van der Waals surface area contributed by atoms with E-state index in [1.165, 1.54) is 11.8 Å². The van der Waals surface area contributed by atoms with Crippen molar-refractivity contribution in [2.45, 2.75) is 30.0 Å². The molecule has 6 heteroatoms. The summed E-state index contributed by atoms with van der Waals surface area (Å²) in [5, 5.41) is 5.58. The summed E-state index contributed by atoms with van der Waals surface area (Å²) in [6.07, 6.45) is 1.57. The summed E-state index contributed by atoms with van der Waals surface area (Å²) >= 11 is 1.49. The number of carbonyl (C=O) groups excluding carboxylic acids is 2. The van der Waals surface area contributed by atoms with Crippen molar-refractivity contribution in [1.29, 1.82) is 0 Å². The van der Waals surface area contributed by atoms with Crippen LogP contribution in [0.2, 0.25) is 0 Å². The first kappa shape index (κ1) is 14.7. The van der Waals surface area contributed by atoms with Crippen LogP contribution in [0.5, 0.6) is 0 Å². The predicted molar refractivity (Wildman–Crippen MR) is 85.0 cm³/mol. The second kappa shape index (κ2) is 5.88. The molecule has 2 atom stereocenters. The highest BCUT2D eigenvalue weighted by molar-refractivity contribution is 8.00. The van der Waals surface area contributed by atoms with Gasteiger partial charge in [-0.2, -0.15) is 0 Å². The third kappa shape index (κ3) is 2.87. The SMILES string of the molecule is C[C@H]1Sc2ccc(C(=O)N[C@H](C)c3ccco3)cc2NC1=O. The first-order chi connectivity index (χ1) is 10.5. The lowest BCUT2D eigenvalue weighted by Crippen LogP contribution is -2.28. The summed E-state index contributed by atoms with van der Waals surface area (Å²) < 4.78 is 5.27. The number of furan rings is 1. The Hall–Kier alpha value is -2.21. The molecule has 2 heterocycles. The monoisotopic (exact) mass is 316 g/mol. The number of nitrogens with one attached hydrogen (secondary N) is 2. The molecule has 0 saturated heterocycles. The van der Waals surface area contributed by atoms with E-state index in [-0.39, 0.29) is 23.1 Å². The molecule has 2 amide bonds. The molecule has 0 unspecified atom stereocenters. The summed E-state index contributed by atoms with van der Waals surface area (Å²) in [6, 6.07) is 8.71. The number of rotatable bonds is 3. The Balaban J connectivity index is 1.76. The van der Waals surface area contributed by atoms with Crippen molar-refractivity contribution in [3.05, 3.63) is 47.9 Å². The Bertz CT molecular complexity index is 712. The van der Waals surface area contributed by atoms with Crippen molar-refractivity contribution in [3.8, 4) is 0 Å². The van der Waals surface area contributed by atoms with Gasteiger partial charge in [-0.15, -0.1) is 11.8 Å². The maximum atomic E-state index is 12.3. The Kier molecular flexibility index (Phi) is 3.94. The molecule has 1 aromatic carbocycles. The molecule has 1 aliphatic rings. The number of fused-ring (bicyclic) bond motifs is 1. The molecule has 1 aliphatic heterocycles. The van der Waals surface area contributed by atoms with E-state index in [9.17, 15) is 9.59 Å². The fourth-order valence-electron chi connectivity index (χ4n) is 2.24. The summed E-state index contributed by atoms with van der Waals surface area (Å²) in [5.74, 6) is 0.451. The van der Waals surface area contributed by atoms with Crippen LogP contribution >= 0.6 is 11.8 Å². The largest absolute Gasteiger partial charge is 0.467 e. The summed E-state index contributed by atoms with van der Waals surface area (Å²) in [5.41, 5.74) is 1.19. The average molecular weight is 316 g/mol. The van der Waals surface area contributed by atoms with Gasteiger partial charge in [0.25, 0.3) is 5.91 Å². The van der Waals surface area contributed by atoms with Gasteiger partial charge in [-0.3, -0.25) is 9.59 Å². The van der Waals surface area contributed by atoms with Gasteiger partial charge in [-0.1, -0.05) is 0 Å². The Morgan fingerprint density at radius 3 is 2.95 bits per heavy atom. The van der Waals surface area contributed by atoms with E-state index in [0.717, 1.165) is 4.90 Å². The van der Waals surface area contributed by atoms with E-state index in [2.05, 4.69) is 10.6 Å². The van der Waals surface area contributed by atoms with Gasteiger partial charge in [0.2, 0.25) is 5.91 Å². The number of anilines is 1. The van der Waals surface area contributed by atoms with Gasteiger partial charge < -0.3 is 15.1 Å². The lowest BCUT2D eigenvalue weighted by molar-refractivity contribution is -0.115. The van der Waals surface area contributed by atoms with Crippen LogP contribution in [-0.2, 0) is 4.79 Å². The van der Waals surface area contributed by atoms with Gasteiger partial charge in [-0.05, 0) is 44.2 Å². The van der Waals surface area contributed by atoms with Crippen LogP contribution in [-0.4, -0.2) is 17.1 Å². The standard InChI is InChI=1S/C16H16N2O3S/c1-9(13-4-3-7-21-13)17-16(20)11-5-6-14-12(8-11)18-15(19)10(2)22-14/h3-10H,1-2H3,(H,17,20)(H,18,19)/t9-,10-/m1/s1. The normalized spacial score (nSPS) is 18.3. The van der Waals surface area contributed by atoms with Gasteiger partial charge in [0.1, 0.15) is 5.76 Å². The number of carbonyl (C=O) groups is 2. The lowest BCUT2D eigenvalue weighted by Gasteiger charge is -2.22. The maximum absolute atomic E-state index is 12.3. The van der Waals surface area contributed by atoms with Crippen LogP contribution in [0, 0.1) is 0 Å². The van der Waals surface area contributed by atoms with E-state index in [1.54, 1.807) is 24.5 Å². The molecule has 5 nitrogen and oxygen atoms in total. The molecular weight excluding hydrogens is 300 g/mol. The third-order valence-corrected chi connectivity index (χ3v) is 4.67. The number of hydrogen-bond donors (Lipinski definition) is 2. The van der Waals surface area contributed by atoms with Crippen LogP contribution < -0.4 is 10.6 Å². The van der Waals surface area contributed by atoms with Crippen molar-refractivity contribution in [2.75, 3.05) is 5.32 Å². The topological polar surface area (TPSA) is 71.3 Å². The molecule has 114 valence electrons. The second-order valence-electron chi connectivity index (χ2n) is 5.17. The molecule has 0 bridgehead atoms. The average Bonchev–Trinajstić information content (AvgIpc) is 3.02. The van der Waals surface area contributed by atoms with Crippen molar-refractivity contribution in [1.82, 2.24) is 5.32 Å². The molecule has 0 aliphatic carbocycles. The maximum Gasteiger partial charge on any atom is 0.251 e. The van der Waals surface area contributed by atoms with E-state index in [0.29, 0.717) is 17.0 Å². The van der Waals surface area contributed by atoms with Gasteiger partial charge in [-0.25, -0.2) is 0 Å². The Morgan fingerprint density at radius 2 is 2.23 bits per heavy atom. The minimum absolute atomic E-state index is 0.0426. The first-order valence-corrected chi connectivity index (χ1v) is 7.88. The Morgan fingerprint density at radius 1 is 1.41 bits per heavy atom. The zero-order valence-electron chi connectivity index (χ0n) is 12.3. The first-order valence-electron chi connectivity index (χ1n) is 7.00. The van der Waals surface area contributed by atoms with E-state index in [4.69, 9.17) is 4.42 Å². The fraction of sp³-hybridized carbons (Fsp3) is 0.250. The van der Waals surface area contributed by atoms with E-state index < -0.39 is 0 Å². The number of thioether (sulfide) groups is 1. The second-order valence-corrected chi connectivity index (χ2v) is 6.55. The van der Waals surface area contributed by atoms with Crippen molar-refractivity contribution < 1.29 is 14.0 Å². The summed E-state index contributed by atoms with van der Waals surface area (Å²) in [6.45, 7) is 3.71. The van der Waals surface area contributed by atoms with Crippen LogP contribution in [0.4, 0.5) is 5.69 Å². The quantitative estimate of drug-likeness (QED) is 0.912. The molecule has 0 saturated carbocycles.